The summed E-state index contributed by atoms with van der Waals surface area (Å²) in [6.45, 7) is 4.25. The van der Waals surface area contributed by atoms with Gasteiger partial charge in [-0.3, -0.25) is 34.3 Å². The van der Waals surface area contributed by atoms with Gasteiger partial charge in [-0.05, 0) is 66.9 Å². The molecule has 1 aliphatic carbocycles. The van der Waals surface area contributed by atoms with E-state index in [1.165, 1.54) is 40.0 Å². The summed E-state index contributed by atoms with van der Waals surface area (Å²) in [5, 5.41) is 0. The third-order valence-corrected chi connectivity index (χ3v) is 7.89. The van der Waals surface area contributed by atoms with E-state index in [2.05, 4.69) is 19.9 Å². The first-order chi connectivity index (χ1) is 24.8. The molecular weight excluding hydrogens is 644 g/mol. The number of ether oxygens (including phenoxy) is 3. The third-order valence-electron chi connectivity index (χ3n) is 7.89. The van der Waals surface area contributed by atoms with Gasteiger partial charge in [0.15, 0.2) is 12.2 Å². The Labute approximate surface area is 299 Å². The molecule has 1 aliphatic rings. The van der Waals surface area contributed by atoms with Crippen molar-refractivity contribution in [2.75, 3.05) is 0 Å². The number of hydrogen-bond acceptors (Lipinski definition) is 10. The van der Waals surface area contributed by atoms with Crippen LogP contribution in [0.1, 0.15) is 99.5 Å². The van der Waals surface area contributed by atoms with Gasteiger partial charge >= 0.3 is 17.9 Å². The van der Waals surface area contributed by atoms with Gasteiger partial charge in [0.2, 0.25) is 0 Å². The van der Waals surface area contributed by atoms with E-state index < -0.39 is 12.2 Å². The molecule has 5 aromatic rings. The van der Waals surface area contributed by atoms with Crippen LogP contribution in [0, 0.1) is 5.92 Å². The maximum atomic E-state index is 11.2. The number of pyridine rings is 4. The fourth-order valence-electron chi connectivity index (χ4n) is 5.68. The van der Waals surface area contributed by atoms with Crippen molar-refractivity contribution in [3.8, 4) is 0 Å². The first kappa shape index (κ1) is 38.0. The molecule has 0 spiro atoms. The highest BCUT2D eigenvalue weighted by Gasteiger charge is 2.28. The predicted octanol–water partition coefficient (Wildman–Crippen LogP) is 8.13. The van der Waals surface area contributed by atoms with Crippen molar-refractivity contribution in [1.29, 1.82) is 0 Å². The molecule has 10 heteroatoms. The average molecular weight is 689 g/mol. The number of nitrogens with zero attached hydrogens (tertiary/aromatic N) is 4. The number of benzene rings is 1. The number of carbonyl (C=O) groups excluding carboxylic acids is 3. The van der Waals surface area contributed by atoms with E-state index in [4.69, 9.17) is 14.2 Å². The summed E-state index contributed by atoms with van der Waals surface area (Å²) in [6, 6.07) is 31.9. The Bertz CT molecular complexity index is 1570. The van der Waals surface area contributed by atoms with Crippen molar-refractivity contribution in [2.45, 2.75) is 71.2 Å². The van der Waals surface area contributed by atoms with E-state index in [1.807, 2.05) is 103 Å². The van der Waals surface area contributed by atoms with Crippen molar-refractivity contribution in [1.82, 2.24) is 19.9 Å². The summed E-state index contributed by atoms with van der Waals surface area (Å²) in [6.07, 6.45) is 11.7. The molecule has 0 bridgehead atoms. The van der Waals surface area contributed by atoms with Gasteiger partial charge in [-0.2, -0.15) is 0 Å². The molecule has 4 aromatic heterocycles. The summed E-state index contributed by atoms with van der Waals surface area (Å²) in [5.74, 6) is -0.454. The van der Waals surface area contributed by atoms with E-state index >= 15 is 0 Å². The summed E-state index contributed by atoms with van der Waals surface area (Å²) in [4.78, 5) is 50.4. The van der Waals surface area contributed by atoms with Gasteiger partial charge in [-0.1, -0.05) is 73.9 Å². The van der Waals surface area contributed by atoms with E-state index in [0.29, 0.717) is 17.3 Å². The van der Waals surface area contributed by atoms with Crippen molar-refractivity contribution in [3.05, 3.63) is 156 Å². The number of aromatic nitrogens is 4. The van der Waals surface area contributed by atoms with Crippen LogP contribution in [-0.2, 0) is 28.6 Å². The smallest absolute Gasteiger partial charge is 0.303 e. The van der Waals surface area contributed by atoms with Gasteiger partial charge in [-0.25, -0.2) is 0 Å². The number of esters is 3. The first-order valence-corrected chi connectivity index (χ1v) is 17.0. The van der Waals surface area contributed by atoms with E-state index in [0.717, 1.165) is 29.8 Å². The quantitative estimate of drug-likeness (QED) is 0.110. The average Bonchev–Trinajstić information content (AvgIpc) is 3.17. The molecule has 0 saturated heterocycles. The predicted molar refractivity (Wildman–Crippen MR) is 192 cm³/mol. The molecule has 2 unspecified atom stereocenters. The first-order valence-electron chi connectivity index (χ1n) is 17.0. The van der Waals surface area contributed by atoms with Crippen LogP contribution in [0.25, 0.3) is 0 Å². The zero-order chi connectivity index (χ0) is 36.3. The molecule has 264 valence electrons. The molecule has 0 aliphatic heterocycles. The fourth-order valence-corrected chi connectivity index (χ4v) is 5.68. The topological polar surface area (TPSA) is 130 Å². The summed E-state index contributed by atoms with van der Waals surface area (Å²) >= 11 is 0. The molecule has 6 rings (SSSR count). The van der Waals surface area contributed by atoms with Gasteiger partial charge in [0, 0.05) is 51.5 Å². The molecule has 51 heavy (non-hydrogen) atoms. The van der Waals surface area contributed by atoms with Gasteiger partial charge in [0.1, 0.15) is 6.10 Å². The Hall–Kier alpha value is -5.77. The second kappa shape index (κ2) is 20.7. The van der Waals surface area contributed by atoms with E-state index in [-0.39, 0.29) is 24.0 Å². The lowest BCUT2D eigenvalue weighted by Crippen LogP contribution is -2.21. The lowest BCUT2D eigenvalue weighted by Gasteiger charge is -2.29. The minimum absolute atomic E-state index is 0.158. The van der Waals surface area contributed by atoms with Crippen LogP contribution in [0.3, 0.4) is 0 Å². The van der Waals surface area contributed by atoms with Gasteiger partial charge in [0.05, 0.1) is 22.8 Å². The summed E-state index contributed by atoms with van der Waals surface area (Å²) in [5.41, 5.74) is 3.87. The SMILES string of the molecule is CC(=O)OC(c1ccccc1)c1ccccn1.CC(=O)OC(c1ccccn1)C1CCCCC1.CC(=O)OC(c1ccccn1)c1ccccn1. The Balaban J connectivity index is 0.000000172. The zero-order valence-electron chi connectivity index (χ0n) is 29.2. The van der Waals surface area contributed by atoms with Crippen molar-refractivity contribution >= 4 is 17.9 Å². The maximum Gasteiger partial charge on any atom is 0.303 e. The van der Waals surface area contributed by atoms with Gasteiger partial charge in [0.25, 0.3) is 0 Å². The number of rotatable bonds is 9. The van der Waals surface area contributed by atoms with E-state index in [9.17, 15) is 14.4 Å². The number of hydrogen-bond donors (Lipinski definition) is 0. The van der Waals surface area contributed by atoms with Crippen LogP contribution < -0.4 is 0 Å². The molecule has 0 radical (unpaired) electrons. The molecule has 0 amide bonds. The van der Waals surface area contributed by atoms with Crippen molar-refractivity contribution < 1.29 is 28.6 Å². The summed E-state index contributed by atoms with van der Waals surface area (Å²) in [7, 11) is 0. The molecular formula is C41H44N4O6. The molecule has 4 heterocycles. The van der Waals surface area contributed by atoms with Crippen LogP contribution in [0.4, 0.5) is 0 Å². The van der Waals surface area contributed by atoms with Crippen LogP contribution in [-0.4, -0.2) is 37.8 Å². The summed E-state index contributed by atoms with van der Waals surface area (Å²) < 4.78 is 16.1. The van der Waals surface area contributed by atoms with Crippen molar-refractivity contribution in [2.24, 2.45) is 5.92 Å². The molecule has 1 saturated carbocycles. The maximum absolute atomic E-state index is 11.2. The van der Waals surface area contributed by atoms with Gasteiger partial charge < -0.3 is 14.2 Å². The molecule has 0 N–H and O–H groups in total. The second-order valence-electron chi connectivity index (χ2n) is 11.8. The lowest BCUT2D eigenvalue weighted by molar-refractivity contribution is -0.150. The minimum atomic E-state index is -0.546. The van der Waals surface area contributed by atoms with Crippen LogP contribution >= 0.6 is 0 Å². The zero-order valence-corrected chi connectivity index (χ0v) is 29.2. The second-order valence-corrected chi connectivity index (χ2v) is 11.8. The largest absolute Gasteiger partial charge is 0.456 e. The lowest BCUT2D eigenvalue weighted by atomic mass is 9.84. The Morgan fingerprint density at radius 1 is 0.490 bits per heavy atom. The highest BCUT2D eigenvalue weighted by atomic mass is 16.6. The Kier molecular flexibility index (Phi) is 15.4. The normalized spacial score (nSPS) is 13.6. The monoisotopic (exact) mass is 688 g/mol. The van der Waals surface area contributed by atoms with Crippen LogP contribution in [0.5, 0.6) is 0 Å². The van der Waals surface area contributed by atoms with Crippen molar-refractivity contribution in [3.63, 3.8) is 0 Å². The highest BCUT2D eigenvalue weighted by Crippen LogP contribution is 2.36. The molecule has 10 nitrogen and oxygen atoms in total. The van der Waals surface area contributed by atoms with E-state index in [1.54, 1.807) is 24.8 Å². The van der Waals surface area contributed by atoms with Gasteiger partial charge in [-0.15, -0.1) is 0 Å². The fraction of sp³-hybridized carbons (Fsp3) is 0.293. The van der Waals surface area contributed by atoms with Crippen LogP contribution in [0.15, 0.2) is 128 Å². The third kappa shape index (κ3) is 12.9. The Morgan fingerprint density at radius 2 is 0.882 bits per heavy atom. The highest BCUT2D eigenvalue weighted by molar-refractivity contribution is 5.67. The molecule has 1 aromatic carbocycles. The molecule has 1 fully saturated rings. The standard InChI is InChI=1S/C14H19NO2.C14H13NO2.C13H12N2O2/c2*1-11(16)17-14(12-7-3-2-4-8-12)13-9-5-6-10-15-13;1-10(16)17-13(11-6-2-4-8-14-11)12-7-3-5-9-15-12/h5-6,9-10,12,14H,2-4,7-8H2,1H3;2-10,14H,1H3;2-9,13H,1H3. The minimum Gasteiger partial charge on any atom is -0.456 e. The van der Waals surface area contributed by atoms with Crippen LogP contribution in [0.2, 0.25) is 0 Å². The molecule has 2 atom stereocenters. The Morgan fingerprint density at radius 3 is 1.29 bits per heavy atom. The number of carbonyl (C=O) groups is 3.